The smallest absolute Gasteiger partial charge is 0.328 e. The number of carbonyl (C=O) groups excluding carboxylic acids is 2. The average Bonchev–Trinajstić information content (AvgIpc) is 2.47. The fourth-order valence-corrected chi connectivity index (χ4v) is 3.05. The number of hydrogen-bond donors (Lipinski definition) is 3. The van der Waals surface area contributed by atoms with Crippen molar-refractivity contribution in [2.45, 2.75) is 51.1 Å². The highest BCUT2D eigenvalue weighted by Crippen LogP contribution is 2.26. The molecule has 21 heavy (non-hydrogen) atoms. The number of carboxylic acids is 1. The van der Waals surface area contributed by atoms with Crippen LogP contribution in [0, 0.1) is 5.92 Å². The van der Waals surface area contributed by atoms with E-state index in [9.17, 15) is 14.4 Å². The van der Waals surface area contributed by atoms with Gasteiger partial charge in [-0.3, -0.25) is 9.69 Å². The van der Waals surface area contributed by atoms with E-state index in [-0.39, 0.29) is 25.0 Å². The molecule has 2 fully saturated rings. The van der Waals surface area contributed by atoms with Crippen LogP contribution < -0.4 is 10.6 Å². The first kappa shape index (κ1) is 15.6. The molecule has 118 valence electrons. The average molecular weight is 297 g/mol. The molecule has 2 aliphatic rings. The van der Waals surface area contributed by atoms with Gasteiger partial charge in [-0.1, -0.05) is 13.3 Å². The standard InChI is InChI=1S/C14H23N3O4/c1-2-9-3-5-10(6-4-9)16-14(21)17-8-12(18)15-7-11(17)13(19)20/h9-11H,2-8H2,1H3,(H,15,18)(H,16,21)(H,19,20). The van der Waals surface area contributed by atoms with Crippen molar-refractivity contribution >= 4 is 17.9 Å². The summed E-state index contributed by atoms with van der Waals surface area (Å²) < 4.78 is 0. The molecule has 1 atom stereocenters. The second-order valence-corrected chi connectivity index (χ2v) is 5.86. The van der Waals surface area contributed by atoms with E-state index in [0.717, 1.165) is 42.9 Å². The minimum Gasteiger partial charge on any atom is -0.480 e. The van der Waals surface area contributed by atoms with Crippen molar-refractivity contribution in [3.63, 3.8) is 0 Å². The first-order valence-electron chi connectivity index (χ1n) is 7.58. The highest BCUT2D eigenvalue weighted by molar-refractivity contribution is 5.90. The second-order valence-electron chi connectivity index (χ2n) is 5.86. The van der Waals surface area contributed by atoms with E-state index >= 15 is 0 Å². The molecule has 7 heteroatoms. The quantitative estimate of drug-likeness (QED) is 0.708. The molecule has 0 aromatic heterocycles. The summed E-state index contributed by atoms with van der Waals surface area (Å²) in [5, 5.41) is 14.5. The van der Waals surface area contributed by atoms with Crippen LogP contribution in [0.4, 0.5) is 4.79 Å². The number of carboxylic acid groups (broad SMARTS) is 1. The zero-order chi connectivity index (χ0) is 15.4. The van der Waals surface area contributed by atoms with Crippen molar-refractivity contribution in [3.05, 3.63) is 0 Å². The first-order chi connectivity index (χ1) is 10.0. The van der Waals surface area contributed by atoms with Crippen LogP contribution in [0.2, 0.25) is 0 Å². The minimum atomic E-state index is -1.10. The Balaban J connectivity index is 1.91. The maximum atomic E-state index is 12.2. The molecule has 1 heterocycles. The topological polar surface area (TPSA) is 98.7 Å². The van der Waals surface area contributed by atoms with Crippen LogP contribution in [0.15, 0.2) is 0 Å². The van der Waals surface area contributed by atoms with E-state index in [0.29, 0.717) is 0 Å². The van der Waals surface area contributed by atoms with Gasteiger partial charge in [0.05, 0.1) is 0 Å². The van der Waals surface area contributed by atoms with Crippen LogP contribution in [-0.2, 0) is 9.59 Å². The molecule has 0 bridgehead atoms. The lowest BCUT2D eigenvalue weighted by molar-refractivity contribution is -0.144. The number of carbonyl (C=O) groups is 3. The number of piperazine rings is 1. The van der Waals surface area contributed by atoms with Crippen LogP contribution in [0.3, 0.4) is 0 Å². The molecule has 1 aliphatic heterocycles. The molecule has 1 unspecified atom stereocenters. The number of aliphatic carboxylic acids is 1. The van der Waals surface area contributed by atoms with E-state index in [4.69, 9.17) is 5.11 Å². The van der Waals surface area contributed by atoms with Crippen molar-refractivity contribution in [2.75, 3.05) is 13.1 Å². The van der Waals surface area contributed by atoms with Crippen LogP contribution in [0.5, 0.6) is 0 Å². The second kappa shape index (κ2) is 6.78. The van der Waals surface area contributed by atoms with E-state index < -0.39 is 18.0 Å². The van der Waals surface area contributed by atoms with Gasteiger partial charge in [0, 0.05) is 12.6 Å². The summed E-state index contributed by atoms with van der Waals surface area (Å²) in [4.78, 5) is 35.9. The van der Waals surface area contributed by atoms with Crippen molar-refractivity contribution in [2.24, 2.45) is 5.92 Å². The summed E-state index contributed by atoms with van der Waals surface area (Å²) in [5.74, 6) is -0.692. The van der Waals surface area contributed by atoms with Gasteiger partial charge in [0.2, 0.25) is 5.91 Å². The number of nitrogens with zero attached hydrogens (tertiary/aromatic N) is 1. The number of rotatable bonds is 3. The predicted molar refractivity (Wildman–Crippen MR) is 75.7 cm³/mol. The SMILES string of the molecule is CCC1CCC(NC(=O)N2CC(=O)NCC2C(=O)O)CC1. The van der Waals surface area contributed by atoms with Gasteiger partial charge in [-0.25, -0.2) is 9.59 Å². The number of nitrogens with one attached hydrogen (secondary N) is 2. The maximum absolute atomic E-state index is 12.2. The van der Waals surface area contributed by atoms with Gasteiger partial charge in [0.15, 0.2) is 0 Å². The highest BCUT2D eigenvalue weighted by atomic mass is 16.4. The summed E-state index contributed by atoms with van der Waals surface area (Å²) in [5.41, 5.74) is 0. The molecular formula is C14H23N3O4. The van der Waals surface area contributed by atoms with Gasteiger partial charge in [-0.2, -0.15) is 0 Å². The van der Waals surface area contributed by atoms with E-state index in [2.05, 4.69) is 17.6 Å². The first-order valence-corrected chi connectivity index (χ1v) is 7.58. The Morgan fingerprint density at radius 3 is 2.57 bits per heavy atom. The van der Waals surface area contributed by atoms with Gasteiger partial charge in [-0.05, 0) is 31.6 Å². The van der Waals surface area contributed by atoms with Gasteiger partial charge in [0.25, 0.3) is 0 Å². The number of hydrogen-bond acceptors (Lipinski definition) is 3. The van der Waals surface area contributed by atoms with Crippen molar-refractivity contribution in [1.82, 2.24) is 15.5 Å². The normalized spacial score (nSPS) is 29.7. The number of urea groups is 1. The molecule has 1 saturated carbocycles. The van der Waals surface area contributed by atoms with Gasteiger partial charge in [0.1, 0.15) is 12.6 Å². The molecule has 0 aromatic carbocycles. The lowest BCUT2D eigenvalue weighted by Gasteiger charge is -2.35. The van der Waals surface area contributed by atoms with Crippen LogP contribution in [0.25, 0.3) is 0 Å². The number of amides is 3. The molecule has 0 aromatic rings. The molecule has 3 amide bonds. The van der Waals surface area contributed by atoms with Gasteiger partial charge >= 0.3 is 12.0 Å². The summed E-state index contributed by atoms with van der Waals surface area (Å²) in [6.45, 7) is 1.94. The van der Waals surface area contributed by atoms with E-state index in [1.165, 1.54) is 0 Å². The Bertz CT molecular complexity index is 418. The predicted octanol–water partition coefficient (Wildman–Crippen LogP) is 0.550. The van der Waals surface area contributed by atoms with Crippen LogP contribution >= 0.6 is 0 Å². The third kappa shape index (κ3) is 3.86. The largest absolute Gasteiger partial charge is 0.480 e. The summed E-state index contributed by atoms with van der Waals surface area (Å²) in [6, 6.07) is -1.35. The van der Waals surface area contributed by atoms with Crippen LogP contribution in [0.1, 0.15) is 39.0 Å². The maximum Gasteiger partial charge on any atom is 0.328 e. The van der Waals surface area contributed by atoms with Crippen LogP contribution in [-0.4, -0.2) is 53.1 Å². The zero-order valence-corrected chi connectivity index (χ0v) is 12.3. The van der Waals surface area contributed by atoms with E-state index in [1.54, 1.807) is 0 Å². The molecule has 0 radical (unpaired) electrons. The highest BCUT2D eigenvalue weighted by Gasteiger charge is 2.36. The molecular weight excluding hydrogens is 274 g/mol. The van der Waals surface area contributed by atoms with Crippen molar-refractivity contribution in [1.29, 1.82) is 0 Å². The lowest BCUT2D eigenvalue weighted by Crippen LogP contribution is -2.62. The van der Waals surface area contributed by atoms with E-state index in [1.807, 2.05) is 0 Å². The molecule has 7 nitrogen and oxygen atoms in total. The molecule has 1 aliphatic carbocycles. The Hall–Kier alpha value is -1.79. The van der Waals surface area contributed by atoms with Gasteiger partial charge < -0.3 is 15.7 Å². The Morgan fingerprint density at radius 1 is 1.33 bits per heavy atom. The molecule has 1 saturated heterocycles. The molecule has 3 N–H and O–H groups in total. The summed E-state index contributed by atoms with van der Waals surface area (Å²) >= 11 is 0. The molecule has 0 spiro atoms. The molecule has 2 rings (SSSR count). The summed E-state index contributed by atoms with van der Waals surface area (Å²) in [7, 11) is 0. The summed E-state index contributed by atoms with van der Waals surface area (Å²) in [6.07, 6.45) is 5.17. The Labute approximate surface area is 124 Å². The van der Waals surface area contributed by atoms with Crippen molar-refractivity contribution < 1.29 is 19.5 Å². The van der Waals surface area contributed by atoms with Crippen molar-refractivity contribution in [3.8, 4) is 0 Å². The lowest BCUT2D eigenvalue weighted by atomic mass is 9.84. The monoisotopic (exact) mass is 297 g/mol. The third-order valence-electron chi connectivity index (χ3n) is 4.48. The zero-order valence-electron chi connectivity index (χ0n) is 12.3. The minimum absolute atomic E-state index is 0.0375. The Kier molecular flexibility index (Phi) is 5.03. The third-order valence-corrected chi connectivity index (χ3v) is 4.48. The van der Waals surface area contributed by atoms with Gasteiger partial charge in [-0.15, -0.1) is 0 Å². The fourth-order valence-electron chi connectivity index (χ4n) is 3.05. The fraction of sp³-hybridized carbons (Fsp3) is 0.786. The Morgan fingerprint density at radius 2 is 2.00 bits per heavy atom.